The second-order valence-electron chi connectivity index (χ2n) is 16.6. The number of hydrogen-bond donors (Lipinski definition) is 1. The first kappa shape index (κ1) is 36.8. The molecule has 0 aliphatic carbocycles. The molecule has 2 radical (unpaired) electrons. The van der Waals surface area contributed by atoms with Gasteiger partial charge >= 0.3 is 6.01 Å². The van der Waals surface area contributed by atoms with E-state index in [4.69, 9.17) is 4.74 Å². The van der Waals surface area contributed by atoms with Gasteiger partial charge in [0.25, 0.3) is 0 Å². The van der Waals surface area contributed by atoms with Crippen molar-refractivity contribution in [3.05, 3.63) is 12.7 Å². The molecule has 1 aromatic rings. The zero-order valence-electron chi connectivity index (χ0n) is 29.9. The van der Waals surface area contributed by atoms with E-state index in [1.54, 1.807) is 4.90 Å². The highest BCUT2D eigenvalue weighted by Crippen LogP contribution is 2.40. The molecule has 12 heteroatoms. The molecule has 2 aliphatic heterocycles. The van der Waals surface area contributed by atoms with E-state index in [0.717, 1.165) is 6.42 Å². The lowest BCUT2D eigenvalue weighted by molar-refractivity contribution is -0.177. The summed E-state index contributed by atoms with van der Waals surface area (Å²) in [4.78, 5) is 59.1. The Morgan fingerprint density at radius 3 is 2.11 bits per heavy atom. The van der Waals surface area contributed by atoms with E-state index in [1.807, 2.05) is 38.9 Å². The second-order valence-corrected chi connectivity index (χ2v) is 16.6. The van der Waals surface area contributed by atoms with Crippen LogP contribution in [-0.4, -0.2) is 126 Å². The average molecular weight is 629 g/mol. The zero-order valence-corrected chi connectivity index (χ0v) is 29.9. The summed E-state index contributed by atoms with van der Waals surface area (Å²) < 4.78 is 5.63. The average Bonchev–Trinajstić information content (AvgIpc) is 2.88. The molecular formula is C33H56N8O4. The van der Waals surface area contributed by atoms with E-state index in [0.29, 0.717) is 26.2 Å². The van der Waals surface area contributed by atoms with Gasteiger partial charge in [-0.1, -0.05) is 20.8 Å². The molecule has 252 valence electrons. The molecule has 1 unspecified atom stereocenters. The van der Waals surface area contributed by atoms with Gasteiger partial charge in [0.05, 0.1) is 29.7 Å². The van der Waals surface area contributed by atoms with Crippen LogP contribution in [0.4, 0.5) is 0 Å². The first-order chi connectivity index (χ1) is 20.5. The van der Waals surface area contributed by atoms with Gasteiger partial charge in [0, 0.05) is 30.7 Å². The maximum absolute atomic E-state index is 14.1. The van der Waals surface area contributed by atoms with Gasteiger partial charge in [-0.2, -0.15) is 9.97 Å². The van der Waals surface area contributed by atoms with Crippen LogP contribution in [0.5, 0.6) is 6.01 Å². The van der Waals surface area contributed by atoms with E-state index in [-0.39, 0.29) is 47.5 Å². The zero-order chi connectivity index (χ0) is 34.2. The summed E-state index contributed by atoms with van der Waals surface area (Å²) in [6.07, 6.45) is 6.20. The largest absolute Gasteiger partial charge is 0.461 e. The van der Waals surface area contributed by atoms with Crippen LogP contribution in [0.25, 0.3) is 0 Å². The van der Waals surface area contributed by atoms with Crippen LogP contribution < -0.4 is 10.1 Å². The summed E-state index contributed by atoms with van der Waals surface area (Å²) in [6, 6.07) is 0.176. The SMILES string of the molecule is CC(C)(C)CC(C)(C)NC1N(C[C]=O)C(=O)C(C)(C)N(CCN2C(C)(C)CN(CCOc3n[c]ncn3)C(=O)C2(C)C)C1(C)C. The van der Waals surface area contributed by atoms with E-state index in [9.17, 15) is 14.4 Å². The van der Waals surface area contributed by atoms with Crippen molar-refractivity contribution < 1.29 is 19.1 Å². The molecule has 2 saturated heterocycles. The van der Waals surface area contributed by atoms with Gasteiger partial charge < -0.3 is 14.5 Å². The molecule has 1 atom stereocenters. The first-order valence-electron chi connectivity index (χ1n) is 15.9. The Morgan fingerprint density at radius 2 is 1.56 bits per heavy atom. The van der Waals surface area contributed by atoms with Crippen LogP contribution in [0.15, 0.2) is 6.33 Å². The van der Waals surface area contributed by atoms with Crippen LogP contribution in [0.3, 0.4) is 0 Å². The summed E-state index contributed by atoms with van der Waals surface area (Å²) >= 11 is 0. The van der Waals surface area contributed by atoms with Crippen molar-refractivity contribution >= 4 is 18.1 Å². The molecule has 2 aliphatic rings. The van der Waals surface area contributed by atoms with Gasteiger partial charge in [-0.15, -0.1) is 0 Å². The highest BCUT2D eigenvalue weighted by atomic mass is 16.5. The predicted octanol–water partition coefficient (Wildman–Crippen LogP) is 2.69. The lowest BCUT2D eigenvalue weighted by atomic mass is 9.79. The Balaban J connectivity index is 1.84. The van der Waals surface area contributed by atoms with E-state index >= 15 is 0 Å². The third kappa shape index (κ3) is 8.00. The fourth-order valence-electron chi connectivity index (χ4n) is 8.00. The number of piperazine rings is 2. The van der Waals surface area contributed by atoms with Gasteiger partial charge in [0.2, 0.25) is 24.4 Å². The van der Waals surface area contributed by atoms with Crippen molar-refractivity contribution in [2.75, 3.05) is 39.3 Å². The molecule has 2 fully saturated rings. The van der Waals surface area contributed by atoms with Crippen molar-refractivity contribution in [2.45, 2.75) is 130 Å². The van der Waals surface area contributed by atoms with Gasteiger partial charge in [0.15, 0.2) is 0 Å². The molecule has 0 aromatic carbocycles. The maximum Gasteiger partial charge on any atom is 0.320 e. The fraction of sp³-hybridized carbons (Fsp3) is 0.818. The molecule has 45 heavy (non-hydrogen) atoms. The van der Waals surface area contributed by atoms with Crippen molar-refractivity contribution in [1.29, 1.82) is 0 Å². The van der Waals surface area contributed by atoms with Crippen LogP contribution in [0.1, 0.15) is 96.4 Å². The molecule has 3 rings (SSSR count). The quantitative estimate of drug-likeness (QED) is 0.370. The monoisotopic (exact) mass is 628 g/mol. The summed E-state index contributed by atoms with van der Waals surface area (Å²) in [6.45, 7) is 29.4. The Labute approximate surface area is 270 Å². The van der Waals surface area contributed by atoms with E-state index in [2.05, 4.69) is 98.7 Å². The molecule has 12 nitrogen and oxygen atoms in total. The Morgan fingerprint density at radius 1 is 0.956 bits per heavy atom. The number of nitrogens with one attached hydrogen (secondary N) is 1. The lowest BCUT2D eigenvalue weighted by Gasteiger charge is -2.62. The maximum atomic E-state index is 14.1. The smallest absolute Gasteiger partial charge is 0.320 e. The minimum absolute atomic E-state index is 0.0112. The van der Waals surface area contributed by atoms with Crippen LogP contribution >= 0.6 is 0 Å². The highest BCUT2D eigenvalue weighted by molar-refractivity contribution is 5.89. The minimum atomic E-state index is -0.892. The number of amides is 2. The normalized spacial score (nSPS) is 23.7. The van der Waals surface area contributed by atoms with Crippen molar-refractivity contribution in [2.24, 2.45) is 5.41 Å². The molecule has 0 spiro atoms. The summed E-state index contributed by atoms with van der Waals surface area (Å²) in [5.41, 5.74) is -2.88. The third-order valence-electron chi connectivity index (χ3n) is 9.23. The molecule has 2 amide bonds. The number of aromatic nitrogens is 3. The van der Waals surface area contributed by atoms with Crippen molar-refractivity contribution in [3.8, 4) is 6.01 Å². The fourth-order valence-corrected chi connectivity index (χ4v) is 8.00. The van der Waals surface area contributed by atoms with Gasteiger partial charge in [-0.25, -0.2) is 4.98 Å². The number of carbonyl (C=O) groups excluding carboxylic acids is 3. The van der Waals surface area contributed by atoms with E-state index in [1.165, 1.54) is 6.33 Å². The molecule has 1 aromatic heterocycles. The van der Waals surface area contributed by atoms with Crippen LogP contribution in [-0.2, 0) is 14.4 Å². The molecule has 3 heterocycles. The Hall–Kier alpha value is -2.70. The number of nitrogens with zero attached hydrogens (tertiary/aromatic N) is 7. The summed E-state index contributed by atoms with van der Waals surface area (Å²) in [5, 5.41) is 3.77. The molecular weight excluding hydrogens is 572 g/mol. The summed E-state index contributed by atoms with van der Waals surface area (Å²) in [7, 11) is 0. The number of rotatable bonds is 12. The van der Waals surface area contributed by atoms with E-state index < -0.39 is 22.8 Å². The van der Waals surface area contributed by atoms with Gasteiger partial charge in [-0.05, 0) is 81.1 Å². The second kappa shape index (κ2) is 12.8. The van der Waals surface area contributed by atoms with Gasteiger partial charge in [0.1, 0.15) is 19.1 Å². The summed E-state index contributed by atoms with van der Waals surface area (Å²) in [5.74, 6) is -0.110. The minimum Gasteiger partial charge on any atom is -0.461 e. The number of hydrogen-bond acceptors (Lipinski definition) is 10. The lowest BCUT2D eigenvalue weighted by Crippen LogP contribution is -2.80. The molecule has 1 N–H and O–H groups in total. The van der Waals surface area contributed by atoms with Crippen molar-refractivity contribution in [3.63, 3.8) is 0 Å². The standard InChI is InChI=1S/C33H56N8O4/c1-28(2,3)20-29(4,5)37-24-31(8,9)41(33(12,13)26(44)39(24)16-18-42)15-14-40-30(6,7)21-38(25(43)32(40,10)11)17-19-45-27-35-22-34-23-36-27/h22,24,37H,14-17,19-21H2,1-13H3. The Kier molecular flexibility index (Phi) is 10.5. The third-order valence-corrected chi connectivity index (χ3v) is 9.23. The van der Waals surface area contributed by atoms with Crippen molar-refractivity contribution in [1.82, 2.24) is 39.9 Å². The highest BCUT2D eigenvalue weighted by Gasteiger charge is 2.57. The number of ether oxygens (including phenoxy) is 1. The molecule has 0 saturated carbocycles. The number of carbonyl (C=O) groups is 2. The van der Waals surface area contributed by atoms with Crippen LogP contribution in [0, 0.1) is 11.7 Å². The van der Waals surface area contributed by atoms with Crippen LogP contribution in [0.2, 0.25) is 0 Å². The topological polar surface area (TPSA) is 124 Å². The molecule has 0 bridgehead atoms. The van der Waals surface area contributed by atoms with Gasteiger partial charge in [-0.3, -0.25) is 29.5 Å². The predicted molar refractivity (Wildman–Crippen MR) is 173 cm³/mol. The first-order valence-corrected chi connectivity index (χ1v) is 15.9. The Bertz CT molecular complexity index is 1210.